The van der Waals surface area contributed by atoms with Crippen LogP contribution in [0.5, 0.6) is 0 Å². The first-order valence-corrected chi connectivity index (χ1v) is 6.91. The van der Waals surface area contributed by atoms with E-state index in [-0.39, 0.29) is 6.61 Å². The summed E-state index contributed by atoms with van der Waals surface area (Å²) in [6.45, 7) is -2.38. The van der Waals surface area contributed by atoms with E-state index in [0.717, 1.165) is 0 Å². The van der Waals surface area contributed by atoms with Crippen molar-refractivity contribution >= 4 is 0 Å². The zero-order chi connectivity index (χ0) is 18.2. The fraction of sp³-hybridized carbons (Fsp3) is 1.00. The third-order valence-corrected chi connectivity index (χ3v) is 3.18. The molecule has 0 saturated carbocycles. The third-order valence-electron chi connectivity index (χ3n) is 3.18. The second kappa shape index (κ2) is 11.2. The molecule has 0 heterocycles. The molecule has 0 spiro atoms. The fourth-order valence-electron chi connectivity index (χ4n) is 1.65. The van der Waals surface area contributed by atoms with Crippen molar-refractivity contribution in [2.24, 2.45) is 0 Å². The lowest BCUT2D eigenvalue weighted by Gasteiger charge is -2.32. The van der Waals surface area contributed by atoms with E-state index >= 15 is 0 Å². The molecule has 0 bridgehead atoms. The van der Waals surface area contributed by atoms with Crippen LogP contribution < -0.4 is 0 Å². The molecule has 0 aromatic rings. The van der Waals surface area contributed by atoms with Crippen molar-refractivity contribution in [2.45, 2.75) is 48.8 Å². The fourth-order valence-corrected chi connectivity index (χ4v) is 1.65. The summed E-state index contributed by atoms with van der Waals surface area (Å²) in [5.41, 5.74) is 0. The molecular weight excluding hydrogens is 320 g/mol. The maximum atomic E-state index is 9.66. The summed E-state index contributed by atoms with van der Waals surface area (Å²) < 4.78 is 4.77. The quantitative estimate of drug-likeness (QED) is 0.160. The van der Waals surface area contributed by atoms with Crippen molar-refractivity contribution in [2.75, 3.05) is 26.4 Å². The highest BCUT2D eigenvalue weighted by molar-refractivity contribution is 4.89. The Bertz CT molecular complexity index is 305. The Morgan fingerprint density at radius 3 is 1.39 bits per heavy atom. The van der Waals surface area contributed by atoms with Crippen LogP contribution >= 0.6 is 0 Å². The minimum absolute atomic E-state index is 0.344. The molecule has 0 radical (unpaired) electrons. The monoisotopic (exact) mass is 346 g/mol. The molecule has 0 aromatic carbocycles. The van der Waals surface area contributed by atoms with Gasteiger partial charge in [-0.2, -0.15) is 0 Å². The average molecular weight is 346 g/mol. The van der Waals surface area contributed by atoms with E-state index in [1.54, 1.807) is 0 Å². The molecule has 0 aromatic heterocycles. The summed E-state index contributed by atoms with van der Waals surface area (Å²) in [5.74, 6) is 0. The molecule has 8 atom stereocenters. The molecule has 0 fully saturated rings. The van der Waals surface area contributed by atoms with Gasteiger partial charge in [-0.15, -0.1) is 0 Å². The summed E-state index contributed by atoms with van der Waals surface area (Å²) in [6.07, 6.45) is -15.0. The summed E-state index contributed by atoms with van der Waals surface area (Å²) in [7, 11) is 0. The van der Waals surface area contributed by atoms with Crippen molar-refractivity contribution in [3.63, 3.8) is 0 Å². The molecule has 10 N–H and O–H groups in total. The van der Waals surface area contributed by atoms with E-state index in [1.807, 2.05) is 0 Å². The van der Waals surface area contributed by atoms with Gasteiger partial charge in [-0.3, -0.25) is 0 Å². The van der Waals surface area contributed by atoms with Gasteiger partial charge in [0.15, 0.2) is 0 Å². The predicted octanol–water partition coefficient (Wildman–Crippen LogP) is -6.13. The normalized spacial score (nSPS) is 22.7. The van der Waals surface area contributed by atoms with E-state index in [4.69, 9.17) is 25.2 Å². The van der Waals surface area contributed by atoms with E-state index in [1.165, 1.54) is 0 Å². The standard InChI is InChI=1S/C12H26O11/c13-1-5(15)3-23-4-7(17)9(19)11(21)12(22)10(20)8(18)6(16)2-14/h5-22H,1-4H2. The molecular formula is C12H26O11. The molecule has 11 heteroatoms. The zero-order valence-corrected chi connectivity index (χ0v) is 12.3. The minimum Gasteiger partial charge on any atom is -0.394 e. The lowest BCUT2D eigenvalue weighted by Crippen LogP contribution is -2.55. The SMILES string of the molecule is OCC(O)COCC(O)C(O)C(O)C(O)C(O)C(O)C(O)CO. The summed E-state index contributed by atoms with van der Waals surface area (Å²) in [5, 5.41) is 92.8. The lowest BCUT2D eigenvalue weighted by molar-refractivity contribution is -0.175. The van der Waals surface area contributed by atoms with Gasteiger partial charge in [0.1, 0.15) is 48.8 Å². The highest BCUT2D eigenvalue weighted by Gasteiger charge is 2.39. The molecule has 140 valence electrons. The van der Waals surface area contributed by atoms with Gasteiger partial charge < -0.3 is 55.8 Å². The van der Waals surface area contributed by atoms with Crippen molar-refractivity contribution in [1.82, 2.24) is 0 Å². The van der Waals surface area contributed by atoms with Gasteiger partial charge >= 0.3 is 0 Å². The van der Waals surface area contributed by atoms with Crippen molar-refractivity contribution in [3.8, 4) is 0 Å². The van der Waals surface area contributed by atoms with Crippen LogP contribution in [-0.4, -0.2) is 126 Å². The Morgan fingerprint density at radius 2 is 0.957 bits per heavy atom. The molecule has 23 heavy (non-hydrogen) atoms. The van der Waals surface area contributed by atoms with Gasteiger partial charge in [0.2, 0.25) is 0 Å². The van der Waals surface area contributed by atoms with E-state index in [0.29, 0.717) is 0 Å². The highest BCUT2D eigenvalue weighted by Crippen LogP contribution is 2.13. The Hall–Kier alpha value is -0.440. The van der Waals surface area contributed by atoms with Gasteiger partial charge in [0.25, 0.3) is 0 Å². The maximum Gasteiger partial charge on any atom is 0.111 e. The summed E-state index contributed by atoms with van der Waals surface area (Å²) in [6, 6.07) is 0. The van der Waals surface area contributed by atoms with E-state index in [9.17, 15) is 30.6 Å². The van der Waals surface area contributed by atoms with Gasteiger partial charge in [-0.25, -0.2) is 0 Å². The van der Waals surface area contributed by atoms with Gasteiger partial charge in [0, 0.05) is 0 Å². The topological polar surface area (TPSA) is 212 Å². The molecule has 0 amide bonds. The molecule has 0 aliphatic heterocycles. The Balaban J connectivity index is 4.46. The highest BCUT2D eigenvalue weighted by atomic mass is 16.5. The third kappa shape index (κ3) is 7.32. The molecule has 0 aliphatic rings. The zero-order valence-electron chi connectivity index (χ0n) is 12.3. The Kier molecular flexibility index (Phi) is 11.0. The molecule has 0 aliphatic carbocycles. The van der Waals surface area contributed by atoms with Crippen LogP contribution in [-0.2, 0) is 4.74 Å². The van der Waals surface area contributed by atoms with Gasteiger partial charge in [-0.05, 0) is 0 Å². The van der Waals surface area contributed by atoms with E-state index in [2.05, 4.69) is 0 Å². The Morgan fingerprint density at radius 1 is 0.522 bits per heavy atom. The molecule has 11 nitrogen and oxygen atoms in total. The first kappa shape index (κ1) is 22.6. The summed E-state index contributed by atoms with van der Waals surface area (Å²) in [4.78, 5) is 0. The number of hydrogen-bond donors (Lipinski definition) is 10. The van der Waals surface area contributed by atoms with Crippen LogP contribution in [0.25, 0.3) is 0 Å². The van der Waals surface area contributed by atoms with Crippen molar-refractivity contribution in [1.29, 1.82) is 0 Å². The minimum atomic E-state index is -2.14. The van der Waals surface area contributed by atoms with Crippen LogP contribution in [0.15, 0.2) is 0 Å². The molecule has 8 unspecified atom stereocenters. The second-order valence-corrected chi connectivity index (χ2v) is 5.14. The number of rotatable bonds is 12. The number of ether oxygens (including phenoxy) is 1. The van der Waals surface area contributed by atoms with Crippen LogP contribution in [0.4, 0.5) is 0 Å². The van der Waals surface area contributed by atoms with Crippen LogP contribution in [0.1, 0.15) is 0 Å². The first-order valence-electron chi connectivity index (χ1n) is 6.91. The molecule has 0 saturated heterocycles. The van der Waals surface area contributed by atoms with Crippen molar-refractivity contribution in [3.05, 3.63) is 0 Å². The summed E-state index contributed by atoms with van der Waals surface area (Å²) >= 11 is 0. The molecule has 0 rings (SSSR count). The van der Waals surface area contributed by atoms with E-state index < -0.39 is 68.7 Å². The smallest absolute Gasteiger partial charge is 0.111 e. The largest absolute Gasteiger partial charge is 0.394 e. The lowest BCUT2D eigenvalue weighted by atomic mass is 9.94. The number of aliphatic hydroxyl groups excluding tert-OH is 10. The average Bonchev–Trinajstić information content (AvgIpc) is 2.56. The van der Waals surface area contributed by atoms with Crippen LogP contribution in [0.3, 0.4) is 0 Å². The maximum absolute atomic E-state index is 9.66. The second-order valence-electron chi connectivity index (χ2n) is 5.14. The predicted molar refractivity (Wildman–Crippen MR) is 73.0 cm³/mol. The number of aliphatic hydroxyl groups is 10. The number of hydrogen-bond acceptors (Lipinski definition) is 11. The van der Waals surface area contributed by atoms with Gasteiger partial charge in [0.05, 0.1) is 26.4 Å². The van der Waals surface area contributed by atoms with Crippen molar-refractivity contribution < 1.29 is 55.8 Å². The van der Waals surface area contributed by atoms with Gasteiger partial charge in [-0.1, -0.05) is 0 Å². The first-order chi connectivity index (χ1) is 10.7. The van der Waals surface area contributed by atoms with Crippen LogP contribution in [0.2, 0.25) is 0 Å². The Labute approximate surface area is 132 Å². The van der Waals surface area contributed by atoms with Crippen LogP contribution in [0, 0.1) is 0 Å².